The molecule has 2 aliphatic rings. The predicted molar refractivity (Wildman–Crippen MR) is 87.4 cm³/mol. The number of carboxylic acids is 1. The molecule has 2 heterocycles. The highest BCUT2D eigenvalue weighted by atomic mass is 16.5. The summed E-state index contributed by atoms with van der Waals surface area (Å²) in [6.45, 7) is 2.85. The highest BCUT2D eigenvalue weighted by molar-refractivity contribution is 5.85. The molecule has 7 nitrogen and oxygen atoms in total. The van der Waals surface area contributed by atoms with Gasteiger partial charge in [-0.15, -0.1) is 0 Å². The van der Waals surface area contributed by atoms with E-state index in [0.29, 0.717) is 32.2 Å². The second-order valence-electron chi connectivity index (χ2n) is 6.95. The van der Waals surface area contributed by atoms with Crippen LogP contribution in [0.15, 0.2) is 0 Å². The average molecular weight is 340 g/mol. The molecule has 0 aromatic rings. The van der Waals surface area contributed by atoms with Gasteiger partial charge in [-0.3, -0.25) is 14.4 Å². The van der Waals surface area contributed by atoms with Gasteiger partial charge in [0.2, 0.25) is 11.8 Å². The van der Waals surface area contributed by atoms with E-state index >= 15 is 0 Å². The van der Waals surface area contributed by atoms with Gasteiger partial charge in [-0.25, -0.2) is 0 Å². The van der Waals surface area contributed by atoms with E-state index in [-0.39, 0.29) is 37.1 Å². The van der Waals surface area contributed by atoms with Crippen LogP contribution >= 0.6 is 0 Å². The Kier molecular flexibility index (Phi) is 6.60. The van der Waals surface area contributed by atoms with Gasteiger partial charge in [0.15, 0.2) is 0 Å². The van der Waals surface area contributed by atoms with Crippen molar-refractivity contribution in [3.63, 3.8) is 0 Å². The molecule has 1 N–H and O–H groups in total. The number of hydrogen-bond donors (Lipinski definition) is 1. The van der Waals surface area contributed by atoms with Crippen LogP contribution in [0.3, 0.4) is 0 Å². The molecule has 2 saturated heterocycles. The normalized spacial score (nSPS) is 27.1. The topological polar surface area (TPSA) is 87.2 Å². The molecule has 2 fully saturated rings. The zero-order valence-corrected chi connectivity index (χ0v) is 14.6. The van der Waals surface area contributed by atoms with Crippen molar-refractivity contribution in [3.8, 4) is 0 Å². The van der Waals surface area contributed by atoms with Crippen LogP contribution < -0.4 is 0 Å². The first-order valence-corrected chi connectivity index (χ1v) is 8.76. The quantitative estimate of drug-likeness (QED) is 0.783. The van der Waals surface area contributed by atoms with Gasteiger partial charge in [0, 0.05) is 26.6 Å². The van der Waals surface area contributed by atoms with E-state index in [2.05, 4.69) is 0 Å². The minimum atomic E-state index is -0.859. The van der Waals surface area contributed by atoms with Crippen LogP contribution in [0.25, 0.3) is 0 Å². The molecule has 0 aromatic heterocycles. The van der Waals surface area contributed by atoms with Crippen LogP contribution in [0.5, 0.6) is 0 Å². The number of hydrogen-bond acceptors (Lipinski definition) is 4. The molecule has 0 bridgehead atoms. The molecule has 24 heavy (non-hydrogen) atoms. The summed E-state index contributed by atoms with van der Waals surface area (Å²) >= 11 is 0. The lowest BCUT2D eigenvalue weighted by Crippen LogP contribution is -2.46. The van der Waals surface area contributed by atoms with Crippen molar-refractivity contribution in [2.45, 2.75) is 57.7 Å². The molecular formula is C17H28N2O5. The van der Waals surface area contributed by atoms with Gasteiger partial charge in [-0.1, -0.05) is 0 Å². The number of aliphatic carboxylic acids is 1. The third kappa shape index (κ3) is 5.19. The Labute approximate surface area is 142 Å². The summed E-state index contributed by atoms with van der Waals surface area (Å²) in [5.74, 6) is -1.60. The van der Waals surface area contributed by atoms with Crippen molar-refractivity contribution in [1.29, 1.82) is 0 Å². The predicted octanol–water partition coefficient (Wildman–Crippen LogP) is 1.12. The zero-order valence-electron chi connectivity index (χ0n) is 14.6. The fourth-order valence-electron chi connectivity index (χ4n) is 3.37. The number of likely N-dealkylation sites (N-methyl/N-ethyl adjacent to an activating group) is 1. The molecule has 2 aliphatic heterocycles. The molecule has 0 aromatic carbocycles. The second-order valence-corrected chi connectivity index (χ2v) is 6.95. The van der Waals surface area contributed by atoms with Crippen LogP contribution in [-0.4, -0.2) is 71.6 Å². The van der Waals surface area contributed by atoms with Gasteiger partial charge in [-0.2, -0.15) is 0 Å². The lowest BCUT2D eigenvalue weighted by molar-refractivity contribution is -0.147. The van der Waals surface area contributed by atoms with Gasteiger partial charge in [-0.05, 0) is 39.0 Å². The number of likely N-dealkylation sites (tertiary alicyclic amines) is 1. The molecule has 3 unspecified atom stereocenters. The lowest BCUT2D eigenvalue weighted by Gasteiger charge is -2.32. The van der Waals surface area contributed by atoms with E-state index in [4.69, 9.17) is 9.84 Å². The molecular weight excluding hydrogens is 312 g/mol. The smallest absolute Gasteiger partial charge is 0.308 e. The van der Waals surface area contributed by atoms with Crippen LogP contribution in [0.1, 0.15) is 45.4 Å². The summed E-state index contributed by atoms with van der Waals surface area (Å²) in [6.07, 6.45) is 4.79. The number of piperidine rings is 1. The number of carbonyl (C=O) groups is 3. The average Bonchev–Trinajstić information content (AvgIpc) is 2.98. The second kappa shape index (κ2) is 8.46. The number of carboxylic acid groups (broad SMARTS) is 1. The molecule has 2 amide bonds. The van der Waals surface area contributed by atoms with E-state index in [1.54, 1.807) is 11.9 Å². The summed E-state index contributed by atoms with van der Waals surface area (Å²) in [7, 11) is 1.62. The molecule has 7 heteroatoms. The summed E-state index contributed by atoms with van der Waals surface area (Å²) in [4.78, 5) is 38.5. The number of amides is 2. The monoisotopic (exact) mass is 340 g/mol. The highest BCUT2D eigenvalue weighted by Gasteiger charge is 2.29. The Balaban J connectivity index is 1.74. The van der Waals surface area contributed by atoms with Gasteiger partial charge < -0.3 is 19.6 Å². The minimum absolute atomic E-state index is 0.00704. The van der Waals surface area contributed by atoms with Crippen molar-refractivity contribution < 1.29 is 24.2 Å². The van der Waals surface area contributed by atoms with Gasteiger partial charge >= 0.3 is 5.97 Å². The van der Waals surface area contributed by atoms with E-state index in [0.717, 1.165) is 12.8 Å². The first kappa shape index (κ1) is 18.7. The number of ether oxygens (including phenoxy) is 1. The Morgan fingerprint density at radius 1 is 1.25 bits per heavy atom. The van der Waals surface area contributed by atoms with Gasteiger partial charge in [0.1, 0.15) is 0 Å². The van der Waals surface area contributed by atoms with E-state index in [1.807, 2.05) is 6.92 Å². The first-order chi connectivity index (χ1) is 11.4. The van der Waals surface area contributed by atoms with Crippen molar-refractivity contribution >= 4 is 17.8 Å². The molecule has 136 valence electrons. The van der Waals surface area contributed by atoms with Crippen LogP contribution in [-0.2, 0) is 19.1 Å². The van der Waals surface area contributed by atoms with E-state index < -0.39 is 11.9 Å². The maximum absolute atomic E-state index is 12.3. The van der Waals surface area contributed by atoms with Crippen molar-refractivity contribution in [1.82, 2.24) is 9.80 Å². The van der Waals surface area contributed by atoms with Crippen molar-refractivity contribution in [3.05, 3.63) is 0 Å². The zero-order chi connectivity index (χ0) is 17.7. The van der Waals surface area contributed by atoms with Crippen LogP contribution in [0.2, 0.25) is 0 Å². The van der Waals surface area contributed by atoms with Gasteiger partial charge in [0.05, 0.1) is 24.7 Å². The fourth-order valence-corrected chi connectivity index (χ4v) is 3.37. The molecule has 2 rings (SSSR count). The first-order valence-electron chi connectivity index (χ1n) is 8.76. The molecule has 0 spiro atoms. The summed E-state index contributed by atoms with van der Waals surface area (Å²) < 4.78 is 5.70. The summed E-state index contributed by atoms with van der Waals surface area (Å²) in [6, 6.07) is 0. The molecule has 0 radical (unpaired) electrons. The standard InChI is InChI=1S/C17H28N2O5/c1-12-5-6-14(24-12)7-8-15(20)18(2)11-16(21)19-9-3-4-13(10-19)17(22)23/h12-14H,3-11H2,1-2H3,(H,22,23). The van der Waals surface area contributed by atoms with Crippen molar-refractivity contribution in [2.75, 3.05) is 26.7 Å². The van der Waals surface area contributed by atoms with Crippen LogP contribution in [0, 0.1) is 5.92 Å². The van der Waals surface area contributed by atoms with E-state index in [1.165, 1.54) is 4.90 Å². The Hall–Kier alpha value is -1.63. The lowest BCUT2D eigenvalue weighted by atomic mass is 9.98. The summed E-state index contributed by atoms with van der Waals surface area (Å²) in [5.41, 5.74) is 0. The number of carbonyl (C=O) groups excluding carboxylic acids is 2. The maximum Gasteiger partial charge on any atom is 0.308 e. The SMILES string of the molecule is CC1CCC(CCC(=O)N(C)CC(=O)N2CCCC(C(=O)O)C2)O1. The summed E-state index contributed by atoms with van der Waals surface area (Å²) in [5, 5.41) is 9.09. The third-order valence-electron chi connectivity index (χ3n) is 4.92. The molecule has 0 saturated carbocycles. The Bertz CT molecular complexity index is 482. The van der Waals surface area contributed by atoms with Gasteiger partial charge in [0.25, 0.3) is 0 Å². The van der Waals surface area contributed by atoms with Crippen LogP contribution in [0.4, 0.5) is 0 Å². The highest BCUT2D eigenvalue weighted by Crippen LogP contribution is 2.23. The van der Waals surface area contributed by atoms with E-state index in [9.17, 15) is 14.4 Å². The number of nitrogens with zero attached hydrogens (tertiary/aromatic N) is 2. The Morgan fingerprint density at radius 3 is 2.62 bits per heavy atom. The number of rotatable bonds is 6. The van der Waals surface area contributed by atoms with Crippen molar-refractivity contribution in [2.24, 2.45) is 5.92 Å². The molecule has 3 atom stereocenters. The Morgan fingerprint density at radius 2 is 2.00 bits per heavy atom. The third-order valence-corrected chi connectivity index (χ3v) is 4.92. The fraction of sp³-hybridized carbons (Fsp3) is 0.824. The minimum Gasteiger partial charge on any atom is -0.481 e. The maximum atomic E-state index is 12.3. The largest absolute Gasteiger partial charge is 0.481 e. The molecule has 0 aliphatic carbocycles.